The molecule has 1 N–H and O–H groups in total. The van der Waals surface area contributed by atoms with E-state index in [4.69, 9.17) is 25.8 Å². The molecule has 29 heavy (non-hydrogen) atoms. The van der Waals surface area contributed by atoms with Crippen molar-refractivity contribution in [3.05, 3.63) is 40.9 Å². The third-order valence-electron chi connectivity index (χ3n) is 4.41. The van der Waals surface area contributed by atoms with Crippen LogP contribution < -0.4 is 23.8 Å². The minimum atomic E-state index is -3.61. The van der Waals surface area contributed by atoms with Gasteiger partial charge in [-0.15, -0.1) is 0 Å². The van der Waals surface area contributed by atoms with Crippen LogP contribution in [-0.4, -0.2) is 47.4 Å². The van der Waals surface area contributed by atoms with Crippen LogP contribution in [0, 0.1) is 6.92 Å². The van der Waals surface area contributed by atoms with E-state index in [2.05, 4.69) is 5.32 Å². The second kappa shape index (κ2) is 8.00. The lowest BCUT2D eigenvalue weighted by Crippen LogP contribution is -2.48. The normalized spacial score (nSPS) is 15.9. The number of nitrogens with zero attached hydrogens (tertiary/aromatic N) is 1. The molecule has 156 valence electrons. The summed E-state index contributed by atoms with van der Waals surface area (Å²) in [5.74, 6) is 0.461. The van der Waals surface area contributed by atoms with Crippen LogP contribution in [0.4, 0.5) is 11.4 Å². The zero-order valence-electron chi connectivity index (χ0n) is 16.4. The van der Waals surface area contributed by atoms with Crippen molar-refractivity contribution in [3.8, 4) is 17.2 Å². The van der Waals surface area contributed by atoms with Crippen molar-refractivity contribution >= 4 is 38.9 Å². The van der Waals surface area contributed by atoms with Gasteiger partial charge in [-0.1, -0.05) is 17.7 Å². The van der Waals surface area contributed by atoms with E-state index in [1.54, 1.807) is 18.2 Å². The van der Waals surface area contributed by atoms with Gasteiger partial charge in [0.2, 0.25) is 10.0 Å². The van der Waals surface area contributed by atoms with Gasteiger partial charge in [-0.25, -0.2) is 8.42 Å². The van der Waals surface area contributed by atoms with Crippen molar-refractivity contribution in [2.24, 2.45) is 0 Å². The van der Waals surface area contributed by atoms with Crippen LogP contribution in [0.1, 0.15) is 5.56 Å². The van der Waals surface area contributed by atoms with E-state index in [1.165, 1.54) is 30.7 Å². The van der Waals surface area contributed by atoms with Gasteiger partial charge in [-0.05, 0) is 24.6 Å². The van der Waals surface area contributed by atoms with Gasteiger partial charge in [0.1, 0.15) is 17.2 Å². The molecule has 1 amide bonds. The summed E-state index contributed by atoms with van der Waals surface area (Å²) in [6.45, 7) is 1.69. The van der Waals surface area contributed by atoms with Gasteiger partial charge in [0.15, 0.2) is 6.10 Å². The summed E-state index contributed by atoms with van der Waals surface area (Å²) in [5.41, 5.74) is 1.60. The molecule has 1 heterocycles. The average molecular weight is 441 g/mol. The highest BCUT2D eigenvalue weighted by atomic mass is 35.5. The van der Waals surface area contributed by atoms with Crippen molar-refractivity contribution in [1.82, 2.24) is 0 Å². The lowest BCUT2D eigenvalue weighted by molar-refractivity contribution is -0.122. The molecule has 0 spiro atoms. The fraction of sp³-hybridized carbons (Fsp3) is 0.316. The van der Waals surface area contributed by atoms with Gasteiger partial charge in [0.05, 0.1) is 43.4 Å². The fourth-order valence-electron chi connectivity index (χ4n) is 2.98. The maximum atomic E-state index is 12.9. The number of anilines is 2. The lowest BCUT2D eigenvalue weighted by atomic mass is 10.1. The number of sulfonamides is 1. The maximum Gasteiger partial charge on any atom is 0.267 e. The molecular weight excluding hydrogens is 420 g/mol. The Kier molecular flexibility index (Phi) is 5.81. The molecule has 0 radical (unpaired) electrons. The molecule has 3 rings (SSSR count). The van der Waals surface area contributed by atoms with Gasteiger partial charge in [-0.3, -0.25) is 9.10 Å². The van der Waals surface area contributed by atoms with Crippen LogP contribution in [-0.2, 0) is 14.8 Å². The van der Waals surface area contributed by atoms with Gasteiger partial charge in [0.25, 0.3) is 5.91 Å². The molecule has 2 aromatic rings. The third-order valence-corrected chi connectivity index (χ3v) is 5.85. The number of amides is 1. The maximum absolute atomic E-state index is 12.9. The van der Waals surface area contributed by atoms with Crippen LogP contribution in [0.5, 0.6) is 17.2 Å². The first-order valence-corrected chi connectivity index (χ1v) is 10.8. The zero-order valence-corrected chi connectivity index (χ0v) is 17.9. The van der Waals surface area contributed by atoms with Crippen LogP contribution in [0.15, 0.2) is 30.3 Å². The van der Waals surface area contributed by atoms with Gasteiger partial charge in [-0.2, -0.15) is 0 Å². The number of fused-ring (bicyclic) bond motifs is 1. The second-order valence-corrected chi connectivity index (χ2v) is 8.86. The standard InChI is InChI=1S/C19H21ClN2O6S/c1-11-5-6-15-14(7-11)22(29(4,24)25)10-18(28-15)19(23)21-13-9-16(26-2)12(20)8-17(13)27-3/h5-9,18H,10H2,1-4H3,(H,21,23)/t18-/m1/s1. The zero-order chi connectivity index (χ0) is 21.3. The molecule has 0 aromatic heterocycles. The summed E-state index contributed by atoms with van der Waals surface area (Å²) in [6, 6.07) is 8.17. The molecule has 1 aliphatic rings. The van der Waals surface area contributed by atoms with Crippen molar-refractivity contribution in [1.29, 1.82) is 0 Å². The van der Waals surface area contributed by atoms with Crippen LogP contribution in [0.2, 0.25) is 5.02 Å². The smallest absolute Gasteiger partial charge is 0.267 e. The first-order chi connectivity index (χ1) is 13.6. The first-order valence-electron chi connectivity index (χ1n) is 8.61. The summed E-state index contributed by atoms with van der Waals surface area (Å²) in [5, 5.41) is 3.02. The van der Waals surface area contributed by atoms with Crippen molar-refractivity contribution in [2.45, 2.75) is 13.0 Å². The third kappa shape index (κ3) is 4.35. The molecule has 0 bridgehead atoms. The van der Waals surface area contributed by atoms with Gasteiger partial charge in [0, 0.05) is 12.1 Å². The molecule has 0 aliphatic carbocycles. The number of benzene rings is 2. The highest BCUT2D eigenvalue weighted by Gasteiger charge is 2.35. The van der Waals surface area contributed by atoms with E-state index in [1.807, 2.05) is 6.92 Å². The number of ether oxygens (including phenoxy) is 3. The SMILES string of the molecule is COc1cc(NC(=O)[C@H]2CN(S(C)(=O)=O)c3cc(C)ccc3O2)c(OC)cc1Cl. The van der Waals surface area contributed by atoms with Gasteiger partial charge < -0.3 is 19.5 Å². The summed E-state index contributed by atoms with van der Waals surface area (Å²) in [7, 11) is -0.723. The predicted molar refractivity (Wildman–Crippen MR) is 111 cm³/mol. The molecule has 8 nitrogen and oxygen atoms in total. The van der Waals surface area contributed by atoms with E-state index < -0.39 is 22.0 Å². The molecule has 10 heteroatoms. The Labute approximate surface area is 174 Å². The number of methoxy groups -OCH3 is 2. The summed E-state index contributed by atoms with van der Waals surface area (Å²) in [4.78, 5) is 12.9. The Hall–Kier alpha value is -2.65. The van der Waals surface area contributed by atoms with E-state index in [9.17, 15) is 13.2 Å². The molecular formula is C19H21ClN2O6S. The molecule has 0 fully saturated rings. The predicted octanol–water partition coefficient (Wildman–Crippen LogP) is 2.83. The fourth-order valence-corrected chi connectivity index (χ4v) is 4.12. The monoisotopic (exact) mass is 440 g/mol. The number of carbonyl (C=O) groups is 1. The lowest BCUT2D eigenvalue weighted by Gasteiger charge is -2.34. The van der Waals surface area contributed by atoms with Crippen LogP contribution in [0.3, 0.4) is 0 Å². The second-order valence-electron chi connectivity index (χ2n) is 6.55. The summed E-state index contributed by atoms with van der Waals surface area (Å²) < 4.78 is 42.0. The summed E-state index contributed by atoms with van der Waals surface area (Å²) >= 11 is 6.09. The number of halogens is 1. The average Bonchev–Trinajstić information content (AvgIpc) is 2.67. The van der Waals surface area contributed by atoms with Gasteiger partial charge >= 0.3 is 0 Å². The molecule has 0 saturated heterocycles. The number of hydrogen-bond acceptors (Lipinski definition) is 6. The Morgan fingerprint density at radius 2 is 1.90 bits per heavy atom. The van der Waals surface area contributed by atoms with Crippen molar-refractivity contribution in [3.63, 3.8) is 0 Å². The number of nitrogens with one attached hydrogen (secondary N) is 1. The number of carbonyl (C=O) groups excluding carboxylic acids is 1. The molecule has 1 atom stereocenters. The number of rotatable bonds is 5. The van der Waals surface area contributed by atoms with E-state index in [0.29, 0.717) is 33.6 Å². The summed E-state index contributed by atoms with van der Waals surface area (Å²) in [6.07, 6.45) is 0.0262. The largest absolute Gasteiger partial charge is 0.495 e. The van der Waals surface area contributed by atoms with Crippen LogP contribution >= 0.6 is 11.6 Å². The minimum Gasteiger partial charge on any atom is -0.495 e. The Bertz CT molecular complexity index is 1060. The minimum absolute atomic E-state index is 0.159. The highest BCUT2D eigenvalue weighted by molar-refractivity contribution is 7.92. The highest BCUT2D eigenvalue weighted by Crippen LogP contribution is 2.38. The van der Waals surface area contributed by atoms with Crippen LogP contribution in [0.25, 0.3) is 0 Å². The Morgan fingerprint density at radius 1 is 1.21 bits per heavy atom. The quantitative estimate of drug-likeness (QED) is 0.768. The van der Waals surface area contributed by atoms with E-state index in [0.717, 1.165) is 11.8 Å². The first kappa shape index (κ1) is 21.1. The topological polar surface area (TPSA) is 94.2 Å². The van der Waals surface area contributed by atoms with Crippen molar-refractivity contribution < 1.29 is 27.4 Å². The number of hydrogen-bond donors (Lipinski definition) is 1. The van der Waals surface area contributed by atoms with E-state index >= 15 is 0 Å². The van der Waals surface area contributed by atoms with Crippen molar-refractivity contribution in [2.75, 3.05) is 36.6 Å². The molecule has 1 aliphatic heterocycles. The van der Waals surface area contributed by atoms with E-state index in [-0.39, 0.29) is 6.54 Å². The molecule has 0 unspecified atom stereocenters. The molecule has 2 aromatic carbocycles. The Morgan fingerprint density at radius 3 is 2.52 bits per heavy atom. The number of aryl methyl sites for hydroxylation is 1. The Balaban J connectivity index is 1.92. The molecule has 0 saturated carbocycles.